The summed E-state index contributed by atoms with van der Waals surface area (Å²) in [5.74, 6) is 0.0886. The van der Waals surface area contributed by atoms with Crippen LogP contribution in [0.25, 0.3) is 11.4 Å². The van der Waals surface area contributed by atoms with E-state index in [0.29, 0.717) is 23.5 Å². The van der Waals surface area contributed by atoms with Crippen LogP contribution in [0.1, 0.15) is 24.4 Å². The largest absolute Gasteiger partial charge is 0.308 e. The first-order valence-corrected chi connectivity index (χ1v) is 6.20. The molecule has 0 amide bonds. The van der Waals surface area contributed by atoms with Crippen molar-refractivity contribution in [2.24, 2.45) is 0 Å². The van der Waals surface area contributed by atoms with Crippen LogP contribution in [-0.2, 0) is 6.54 Å². The number of rotatable bonds is 1. The molecule has 0 bridgehead atoms. The van der Waals surface area contributed by atoms with E-state index in [-0.39, 0.29) is 6.04 Å². The molecule has 0 radical (unpaired) electrons. The molecule has 100 valence electrons. The molecule has 0 saturated carbocycles. The van der Waals surface area contributed by atoms with Gasteiger partial charge in [-0.05, 0) is 25.5 Å². The van der Waals surface area contributed by atoms with E-state index in [4.69, 9.17) is 0 Å². The van der Waals surface area contributed by atoms with Crippen LogP contribution < -0.4 is 5.32 Å². The van der Waals surface area contributed by atoms with Gasteiger partial charge >= 0.3 is 0 Å². The number of hydrogen-bond donors (Lipinski definition) is 1. The third-order valence-corrected chi connectivity index (χ3v) is 3.44. The lowest BCUT2D eigenvalue weighted by atomic mass is 10.1. The maximum atomic E-state index is 13.9. The quantitative estimate of drug-likeness (QED) is 0.858. The van der Waals surface area contributed by atoms with Gasteiger partial charge in [-0.15, -0.1) is 10.2 Å². The Kier molecular flexibility index (Phi) is 2.82. The van der Waals surface area contributed by atoms with E-state index in [1.807, 2.05) is 11.5 Å². The first-order valence-electron chi connectivity index (χ1n) is 6.20. The third kappa shape index (κ3) is 1.92. The van der Waals surface area contributed by atoms with Gasteiger partial charge in [-0.3, -0.25) is 0 Å². The van der Waals surface area contributed by atoms with Crippen LogP contribution in [0.15, 0.2) is 12.1 Å². The summed E-state index contributed by atoms with van der Waals surface area (Å²) in [5.41, 5.74) is 0.697. The number of fused-ring (bicyclic) bond motifs is 1. The van der Waals surface area contributed by atoms with E-state index >= 15 is 0 Å². The Hall–Kier alpha value is -1.82. The van der Waals surface area contributed by atoms with Gasteiger partial charge in [0.2, 0.25) is 0 Å². The van der Waals surface area contributed by atoms with E-state index in [1.54, 1.807) is 6.92 Å². The second-order valence-corrected chi connectivity index (χ2v) is 4.79. The second-order valence-electron chi connectivity index (χ2n) is 4.79. The molecule has 0 saturated heterocycles. The van der Waals surface area contributed by atoms with Gasteiger partial charge in [0.1, 0.15) is 17.5 Å². The molecular weight excluding hydrogens is 250 g/mol. The first-order chi connectivity index (χ1) is 9.08. The topological polar surface area (TPSA) is 42.7 Å². The molecule has 0 spiro atoms. The zero-order valence-corrected chi connectivity index (χ0v) is 10.7. The lowest BCUT2D eigenvalue weighted by molar-refractivity contribution is 0.438. The van der Waals surface area contributed by atoms with E-state index in [1.165, 1.54) is 6.07 Å². The zero-order chi connectivity index (χ0) is 13.6. The SMILES string of the molecule is Cc1cc(-c2nnc3n2CCNC3C)c(F)cc1F. The van der Waals surface area contributed by atoms with E-state index < -0.39 is 11.6 Å². The summed E-state index contributed by atoms with van der Waals surface area (Å²) in [6.45, 7) is 5.05. The highest BCUT2D eigenvalue weighted by Crippen LogP contribution is 2.27. The smallest absolute Gasteiger partial charge is 0.167 e. The van der Waals surface area contributed by atoms with E-state index in [9.17, 15) is 8.78 Å². The molecule has 0 aliphatic carbocycles. The highest BCUT2D eigenvalue weighted by Gasteiger charge is 2.23. The molecule has 6 heteroatoms. The van der Waals surface area contributed by atoms with Crippen molar-refractivity contribution in [3.8, 4) is 11.4 Å². The zero-order valence-electron chi connectivity index (χ0n) is 10.7. The Labute approximate surface area is 109 Å². The minimum Gasteiger partial charge on any atom is -0.308 e. The van der Waals surface area contributed by atoms with Gasteiger partial charge in [-0.1, -0.05) is 0 Å². The van der Waals surface area contributed by atoms with Crippen molar-refractivity contribution in [1.82, 2.24) is 20.1 Å². The Morgan fingerprint density at radius 1 is 1.26 bits per heavy atom. The molecule has 3 rings (SSSR count). The fourth-order valence-electron chi connectivity index (χ4n) is 2.37. The summed E-state index contributed by atoms with van der Waals surface area (Å²) in [6, 6.07) is 2.46. The molecular formula is C13H14F2N4. The van der Waals surface area contributed by atoms with Gasteiger partial charge in [0.05, 0.1) is 11.6 Å². The number of nitrogens with one attached hydrogen (secondary N) is 1. The molecule has 1 aromatic carbocycles. The predicted octanol–water partition coefficient (Wildman–Crippen LogP) is 2.20. The van der Waals surface area contributed by atoms with Crippen molar-refractivity contribution in [2.45, 2.75) is 26.4 Å². The van der Waals surface area contributed by atoms with Crippen LogP contribution in [0.4, 0.5) is 8.78 Å². The average Bonchev–Trinajstić information content (AvgIpc) is 2.79. The summed E-state index contributed by atoms with van der Waals surface area (Å²) < 4.78 is 29.1. The minimum atomic E-state index is -0.607. The lowest BCUT2D eigenvalue weighted by Gasteiger charge is -2.22. The van der Waals surface area contributed by atoms with E-state index in [0.717, 1.165) is 18.4 Å². The van der Waals surface area contributed by atoms with Gasteiger partial charge in [0.15, 0.2) is 5.82 Å². The molecule has 1 unspecified atom stereocenters. The Morgan fingerprint density at radius 3 is 2.84 bits per heavy atom. The molecule has 1 aliphatic rings. The van der Waals surface area contributed by atoms with Gasteiger partial charge in [-0.2, -0.15) is 0 Å². The van der Waals surface area contributed by atoms with Gasteiger partial charge in [-0.25, -0.2) is 8.78 Å². The number of halogens is 2. The first kappa shape index (κ1) is 12.2. The number of aryl methyl sites for hydroxylation is 1. The average molecular weight is 264 g/mol. The third-order valence-electron chi connectivity index (χ3n) is 3.44. The number of hydrogen-bond acceptors (Lipinski definition) is 3. The fourth-order valence-corrected chi connectivity index (χ4v) is 2.37. The fraction of sp³-hybridized carbons (Fsp3) is 0.385. The molecule has 0 fully saturated rings. The molecule has 1 aliphatic heterocycles. The second kappa shape index (κ2) is 4.38. The Bertz CT molecular complexity index is 636. The molecule has 1 aromatic heterocycles. The molecule has 19 heavy (non-hydrogen) atoms. The van der Waals surface area contributed by atoms with Crippen molar-refractivity contribution < 1.29 is 8.78 Å². The van der Waals surface area contributed by atoms with Gasteiger partial charge < -0.3 is 9.88 Å². The Morgan fingerprint density at radius 2 is 2.05 bits per heavy atom. The van der Waals surface area contributed by atoms with Crippen LogP contribution in [0.3, 0.4) is 0 Å². The summed E-state index contributed by atoms with van der Waals surface area (Å²) in [5, 5.41) is 11.4. The number of nitrogens with zero attached hydrogens (tertiary/aromatic N) is 3. The highest BCUT2D eigenvalue weighted by molar-refractivity contribution is 5.58. The molecule has 2 aromatic rings. The maximum absolute atomic E-state index is 13.9. The summed E-state index contributed by atoms with van der Waals surface area (Å²) in [6.07, 6.45) is 0. The minimum absolute atomic E-state index is 0.0830. The summed E-state index contributed by atoms with van der Waals surface area (Å²) in [4.78, 5) is 0. The van der Waals surface area contributed by atoms with Crippen LogP contribution in [0, 0.1) is 18.6 Å². The standard InChI is InChI=1S/C13H14F2N4/c1-7-5-9(11(15)6-10(7)14)13-18-17-12-8(2)16-3-4-19(12)13/h5-6,8,16H,3-4H2,1-2H3. The Balaban J connectivity index is 2.16. The molecule has 1 N–H and O–H groups in total. The van der Waals surface area contributed by atoms with Gasteiger partial charge in [0, 0.05) is 19.2 Å². The monoisotopic (exact) mass is 264 g/mol. The number of aromatic nitrogens is 3. The maximum Gasteiger partial charge on any atom is 0.167 e. The van der Waals surface area contributed by atoms with Crippen molar-refractivity contribution in [3.05, 3.63) is 35.2 Å². The molecule has 2 heterocycles. The van der Waals surface area contributed by atoms with Crippen LogP contribution >= 0.6 is 0 Å². The predicted molar refractivity (Wildman–Crippen MR) is 66.5 cm³/mol. The molecule has 1 atom stereocenters. The molecule has 4 nitrogen and oxygen atoms in total. The van der Waals surface area contributed by atoms with Crippen LogP contribution in [0.5, 0.6) is 0 Å². The highest BCUT2D eigenvalue weighted by atomic mass is 19.1. The van der Waals surface area contributed by atoms with E-state index in [2.05, 4.69) is 15.5 Å². The lowest BCUT2D eigenvalue weighted by Crippen LogP contribution is -2.32. The van der Waals surface area contributed by atoms with Crippen molar-refractivity contribution in [2.75, 3.05) is 6.54 Å². The van der Waals surface area contributed by atoms with Crippen LogP contribution in [-0.4, -0.2) is 21.3 Å². The van der Waals surface area contributed by atoms with Crippen molar-refractivity contribution in [1.29, 1.82) is 0 Å². The summed E-state index contributed by atoms with van der Waals surface area (Å²) >= 11 is 0. The summed E-state index contributed by atoms with van der Waals surface area (Å²) in [7, 11) is 0. The van der Waals surface area contributed by atoms with Crippen LogP contribution in [0.2, 0.25) is 0 Å². The normalized spacial score (nSPS) is 18.4. The van der Waals surface area contributed by atoms with Crippen molar-refractivity contribution in [3.63, 3.8) is 0 Å². The number of benzene rings is 1. The van der Waals surface area contributed by atoms with Gasteiger partial charge in [0.25, 0.3) is 0 Å². The van der Waals surface area contributed by atoms with Crippen molar-refractivity contribution >= 4 is 0 Å².